The Kier molecular flexibility index (Phi) is 3.60. The number of hydrogen-bond donors (Lipinski definition) is 1. The van der Waals surface area contributed by atoms with Gasteiger partial charge < -0.3 is 9.67 Å². The van der Waals surface area contributed by atoms with Gasteiger partial charge in [-0.15, -0.1) is 0 Å². The van der Waals surface area contributed by atoms with E-state index in [2.05, 4.69) is 0 Å². The minimum Gasteiger partial charge on any atom is -0.481 e. The van der Waals surface area contributed by atoms with Crippen LogP contribution < -0.4 is 5.56 Å². The molecule has 0 amide bonds. The number of aliphatic carboxylic acids is 1. The van der Waals surface area contributed by atoms with Crippen molar-refractivity contribution in [3.8, 4) is 11.3 Å². The van der Waals surface area contributed by atoms with E-state index in [1.807, 2.05) is 41.0 Å². The molecular weight excluding hydrogens is 266 g/mol. The Hall–Kier alpha value is -2.36. The molecule has 0 spiro atoms. The number of aromatic nitrogens is 1. The molecule has 0 bridgehead atoms. The van der Waals surface area contributed by atoms with Gasteiger partial charge in [-0.25, -0.2) is 0 Å². The maximum Gasteiger partial charge on any atom is 0.303 e. The van der Waals surface area contributed by atoms with Crippen LogP contribution in [0, 0.1) is 0 Å². The summed E-state index contributed by atoms with van der Waals surface area (Å²) in [5.74, 6) is -0.875. The first-order chi connectivity index (χ1) is 10.2. The van der Waals surface area contributed by atoms with E-state index in [0.29, 0.717) is 5.56 Å². The minimum atomic E-state index is -0.875. The Morgan fingerprint density at radius 1 is 1.14 bits per heavy atom. The van der Waals surface area contributed by atoms with E-state index in [0.717, 1.165) is 24.1 Å². The van der Waals surface area contributed by atoms with Crippen LogP contribution in [0.3, 0.4) is 0 Å². The second-order valence-corrected chi connectivity index (χ2v) is 5.41. The quantitative estimate of drug-likeness (QED) is 0.918. The summed E-state index contributed by atoms with van der Waals surface area (Å²) in [5.41, 5.74) is 2.48. The summed E-state index contributed by atoms with van der Waals surface area (Å²) in [7, 11) is 0. The number of rotatable bonds is 5. The van der Waals surface area contributed by atoms with E-state index in [-0.39, 0.29) is 24.4 Å². The van der Waals surface area contributed by atoms with Crippen molar-refractivity contribution in [3.05, 3.63) is 58.4 Å². The molecule has 4 heteroatoms. The van der Waals surface area contributed by atoms with Crippen molar-refractivity contribution in [2.24, 2.45) is 0 Å². The van der Waals surface area contributed by atoms with Crippen LogP contribution in [0.4, 0.5) is 0 Å². The fourth-order valence-electron chi connectivity index (χ4n) is 2.57. The zero-order valence-electron chi connectivity index (χ0n) is 11.7. The van der Waals surface area contributed by atoms with E-state index in [9.17, 15) is 9.59 Å². The lowest BCUT2D eigenvalue weighted by Gasteiger charge is -2.14. The second-order valence-electron chi connectivity index (χ2n) is 5.41. The molecule has 1 aliphatic carbocycles. The van der Waals surface area contributed by atoms with E-state index < -0.39 is 5.97 Å². The lowest BCUT2D eigenvalue weighted by molar-refractivity contribution is -0.136. The topological polar surface area (TPSA) is 59.3 Å². The smallest absolute Gasteiger partial charge is 0.303 e. The third kappa shape index (κ3) is 2.89. The van der Waals surface area contributed by atoms with Crippen LogP contribution in [0.5, 0.6) is 0 Å². The van der Waals surface area contributed by atoms with Crippen molar-refractivity contribution in [2.45, 2.75) is 31.7 Å². The number of pyridine rings is 1. The summed E-state index contributed by atoms with van der Waals surface area (Å²) < 4.78 is 1.84. The van der Waals surface area contributed by atoms with Crippen LogP contribution in [0.15, 0.2) is 47.3 Å². The summed E-state index contributed by atoms with van der Waals surface area (Å²) in [5, 5.41) is 8.78. The molecule has 0 unspecified atom stereocenters. The lowest BCUT2D eigenvalue weighted by Crippen LogP contribution is -2.24. The third-order valence-corrected chi connectivity index (χ3v) is 3.79. The highest BCUT2D eigenvalue weighted by Gasteiger charge is 2.27. The molecule has 108 valence electrons. The van der Waals surface area contributed by atoms with Crippen molar-refractivity contribution in [1.29, 1.82) is 0 Å². The van der Waals surface area contributed by atoms with Gasteiger partial charge in [-0.3, -0.25) is 9.59 Å². The molecule has 0 aliphatic heterocycles. The monoisotopic (exact) mass is 283 g/mol. The van der Waals surface area contributed by atoms with Gasteiger partial charge in [0.05, 0.1) is 5.69 Å². The Morgan fingerprint density at radius 2 is 1.86 bits per heavy atom. The molecule has 0 atom stereocenters. The largest absolute Gasteiger partial charge is 0.481 e. The molecular formula is C17H17NO3. The Morgan fingerprint density at radius 3 is 2.48 bits per heavy atom. The molecule has 0 radical (unpaired) electrons. The molecule has 1 fully saturated rings. The first-order valence-corrected chi connectivity index (χ1v) is 7.18. The molecule has 4 nitrogen and oxygen atoms in total. The molecule has 1 aromatic carbocycles. The van der Waals surface area contributed by atoms with Gasteiger partial charge in [0.1, 0.15) is 0 Å². The zero-order valence-corrected chi connectivity index (χ0v) is 11.7. The normalized spacial score (nSPS) is 14.1. The number of carbonyl (C=O) groups is 1. The molecule has 0 saturated heterocycles. The van der Waals surface area contributed by atoms with E-state index in [1.54, 1.807) is 6.07 Å². The Balaban J connectivity index is 2.04. The summed E-state index contributed by atoms with van der Waals surface area (Å²) >= 11 is 0. The van der Waals surface area contributed by atoms with Crippen molar-refractivity contribution in [3.63, 3.8) is 0 Å². The first kappa shape index (κ1) is 13.6. The number of carboxylic acids is 1. The van der Waals surface area contributed by atoms with Crippen LogP contribution in [0.2, 0.25) is 0 Å². The maximum atomic E-state index is 12.6. The number of carboxylic acid groups (broad SMARTS) is 1. The molecule has 1 N–H and O–H groups in total. The Bertz CT molecular complexity index is 715. The molecule has 1 saturated carbocycles. The van der Waals surface area contributed by atoms with Crippen molar-refractivity contribution >= 4 is 5.97 Å². The predicted molar refractivity (Wildman–Crippen MR) is 80.4 cm³/mol. The average molecular weight is 283 g/mol. The van der Waals surface area contributed by atoms with Crippen molar-refractivity contribution in [1.82, 2.24) is 4.57 Å². The van der Waals surface area contributed by atoms with Gasteiger partial charge in [-0.05, 0) is 30.9 Å². The number of aryl methyl sites for hydroxylation is 1. The van der Waals surface area contributed by atoms with E-state index in [4.69, 9.17) is 5.11 Å². The minimum absolute atomic E-state index is 0.00934. The molecule has 2 aromatic rings. The molecule has 1 aromatic heterocycles. The molecule has 1 aliphatic rings. The van der Waals surface area contributed by atoms with Crippen LogP contribution >= 0.6 is 0 Å². The van der Waals surface area contributed by atoms with Gasteiger partial charge in [0.25, 0.3) is 5.56 Å². The summed E-state index contributed by atoms with van der Waals surface area (Å²) in [6.07, 6.45) is 2.31. The average Bonchev–Trinajstić information content (AvgIpc) is 3.31. The lowest BCUT2D eigenvalue weighted by atomic mass is 10.1. The second kappa shape index (κ2) is 5.56. The summed E-state index contributed by atoms with van der Waals surface area (Å²) in [6.45, 7) is 0. The third-order valence-electron chi connectivity index (χ3n) is 3.79. The number of benzene rings is 1. The number of nitrogens with zero attached hydrogens (tertiary/aromatic N) is 1. The summed E-state index contributed by atoms with van der Waals surface area (Å²) in [6, 6.07) is 13.8. The van der Waals surface area contributed by atoms with Gasteiger partial charge in [0.2, 0.25) is 0 Å². The van der Waals surface area contributed by atoms with Gasteiger partial charge in [0.15, 0.2) is 0 Å². The van der Waals surface area contributed by atoms with Gasteiger partial charge in [-0.2, -0.15) is 0 Å². The number of hydrogen-bond acceptors (Lipinski definition) is 2. The van der Waals surface area contributed by atoms with Gasteiger partial charge >= 0.3 is 5.97 Å². The molecule has 21 heavy (non-hydrogen) atoms. The fourth-order valence-corrected chi connectivity index (χ4v) is 2.57. The van der Waals surface area contributed by atoms with E-state index in [1.165, 1.54) is 0 Å². The van der Waals surface area contributed by atoms with Crippen LogP contribution in [-0.4, -0.2) is 15.6 Å². The maximum absolute atomic E-state index is 12.6. The highest BCUT2D eigenvalue weighted by atomic mass is 16.4. The molecule has 1 heterocycles. The van der Waals surface area contributed by atoms with Crippen LogP contribution in [-0.2, 0) is 11.2 Å². The van der Waals surface area contributed by atoms with Gasteiger partial charge in [-0.1, -0.05) is 36.4 Å². The standard InChI is InChI=1S/C17H17NO3/c19-16(20)11-7-13-6-10-15(12-4-2-1-3-5-12)18(17(13)21)14-8-9-14/h1-6,10,14H,7-9,11H2,(H,19,20). The zero-order chi connectivity index (χ0) is 14.8. The summed E-state index contributed by atoms with van der Waals surface area (Å²) in [4.78, 5) is 23.3. The van der Waals surface area contributed by atoms with Gasteiger partial charge in [0, 0.05) is 18.0 Å². The van der Waals surface area contributed by atoms with Crippen molar-refractivity contribution in [2.75, 3.05) is 0 Å². The van der Waals surface area contributed by atoms with Crippen LogP contribution in [0.1, 0.15) is 30.9 Å². The molecule has 3 rings (SSSR count). The fraction of sp³-hybridized carbons (Fsp3) is 0.294. The predicted octanol–water partition coefficient (Wildman–Crippen LogP) is 2.87. The highest BCUT2D eigenvalue weighted by Crippen LogP contribution is 2.37. The Labute approximate surface area is 122 Å². The highest BCUT2D eigenvalue weighted by molar-refractivity contribution is 5.67. The SMILES string of the molecule is O=C(O)CCc1ccc(-c2ccccc2)n(C2CC2)c1=O. The first-order valence-electron chi connectivity index (χ1n) is 7.18. The van der Waals surface area contributed by atoms with E-state index >= 15 is 0 Å². The van der Waals surface area contributed by atoms with Crippen LogP contribution in [0.25, 0.3) is 11.3 Å². The van der Waals surface area contributed by atoms with Crippen molar-refractivity contribution < 1.29 is 9.90 Å².